The van der Waals surface area contributed by atoms with Gasteiger partial charge in [0.2, 0.25) is 5.95 Å². The minimum absolute atomic E-state index is 0.381. The van der Waals surface area contributed by atoms with Crippen LogP contribution in [0.15, 0.2) is 36.7 Å². The molecule has 9 nitrogen and oxygen atoms in total. The highest BCUT2D eigenvalue weighted by Gasteiger charge is 2.24. The number of aromatic nitrogens is 4. The summed E-state index contributed by atoms with van der Waals surface area (Å²) in [5, 5.41) is 7.31. The second kappa shape index (κ2) is 12.4. The Kier molecular flexibility index (Phi) is 8.33. The molecule has 4 heterocycles. The molecule has 3 fully saturated rings. The van der Waals surface area contributed by atoms with E-state index in [1.54, 1.807) is 0 Å². The number of piperidine rings is 1. The Hall–Kier alpha value is -2.75. The summed E-state index contributed by atoms with van der Waals surface area (Å²) in [5.41, 5.74) is 3.24. The molecule has 1 aromatic carbocycles. The zero-order valence-electron chi connectivity index (χ0n) is 22.5. The molecule has 2 N–H and O–H groups in total. The largest absolute Gasteiger partial charge is 0.379 e. The highest BCUT2D eigenvalue weighted by molar-refractivity contribution is 5.84. The first-order chi connectivity index (χ1) is 18.8. The molecule has 1 saturated carbocycles. The highest BCUT2D eigenvalue weighted by Crippen LogP contribution is 2.32. The van der Waals surface area contributed by atoms with Gasteiger partial charge in [-0.15, -0.1) is 0 Å². The predicted molar refractivity (Wildman–Crippen MR) is 152 cm³/mol. The first kappa shape index (κ1) is 25.5. The minimum Gasteiger partial charge on any atom is -0.379 e. The van der Waals surface area contributed by atoms with Gasteiger partial charge in [0.25, 0.3) is 0 Å². The maximum atomic E-state index is 5.50. The Morgan fingerprint density at radius 2 is 1.66 bits per heavy atom. The number of benzene rings is 1. The fourth-order valence-electron chi connectivity index (χ4n) is 6.15. The third kappa shape index (κ3) is 6.27. The highest BCUT2D eigenvalue weighted by atomic mass is 16.5. The molecule has 3 aromatic rings. The van der Waals surface area contributed by atoms with Gasteiger partial charge in [-0.2, -0.15) is 9.97 Å². The topological polar surface area (TPSA) is 83.4 Å². The number of ether oxygens (including phenoxy) is 1. The van der Waals surface area contributed by atoms with Crippen LogP contribution in [0.25, 0.3) is 11.2 Å². The van der Waals surface area contributed by atoms with Crippen molar-refractivity contribution in [3.05, 3.63) is 42.2 Å². The van der Waals surface area contributed by atoms with Crippen molar-refractivity contribution in [3.8, 4) is 0 Å². The summed E-state index contributed by atoms with van der Waals surface area (Å²) < 4.78 is 7.82. The van der Waals surface area contributed by atoms with E-state index >= 15 is 0 Å². The van der Waals surface area contributed by atoms with E-state index in [1.165, 1.54) is 37.7 Å². The number of nitrogens with zero attached hydrogens (tertiary/aromatic N) is 6. The summed E-state index contributed by atoms with van der Waals surface area (Å²) in [4.78, 5) is 19.8. The fourth-order valence-corrected chi connectivity index (χ4v) is 6.15. The molecule has 2 saturated heterocycles. The molecule has 9 heteroatoms. The van der Waals surface area contributed by atoms with E-state index in [4.69, 9.17) is 19.7 Å². The Morgan fingerprint density at radius 1 is 0.868 bits per heavy atom. The van der Waals surface area contributed by atoms with E-state index in [9.17, 15) is 0 Å². The third-order valence-electron chi connectivity index (χ3n) is 8.38. The lowest BCUT2D eigenvalue weighted by Crippen LogP contribution is -2.39. The van der Waals surface area contributed by atoms with E-state index in [2.05, 4.69) is 55.3 Å². The Labute approximate surface area is 226 Å². The molecular formula is C29H42N8O. The lowest BCUT2D eigenvalue weighted by Gasteiger charge is -2.32. The zero-order chi connectivity index (χ0) is 25.6. The molecule has 1 aliphatic carbocycles. The molecule has 38 heavy (non-hydrogen) atoms. The van der Waals surface area contributed by atoms with Crippen LogP contribution in [0.3, 0.4) is 0 Å². The number of nitrogens with one attached hydrogen (secondary N) is 2. The number of hydrogen-bond acceptors (Lipinski definition) is 8. The van der Waals surface area contributed by atoms with Gasteiger partial charge in [0.15, 0.2) is 17.0 Å². The van der Waals surface area contributed by atoms with Gasteiger partial charge in [-0.25, -0.2) is 4.98 Å². The van der Waals surface area contributed by atoms with Crippen molar-refractivity contribution >= 4 is 22.9 Å². The molecule has 0 spiro atoms. The van der Waals surface area contributed by atoms with Crippen LogP contribution in [0.4, 0.5) is 11.8 Å². The number of morpholine rings is 1. The van der Waals surface area contributed by atoms with Crippen LogP contribution in [0, 0.1) is 0 Å². The lowest BCUT2D eigenvalue weighted by atomic mass is 9.95. The first-order valence-electron chi connectivity index (χ1n) is 14.6. The Balaban J connectivity index is 1.15. The summed E-state index contributed by atoms with van der Waals surface area (Å²) in [5.74, 6) is 1.58. The van der Waals surface area contributed by atoms with E-state index in [1.807, 2.05) is 6.33 Å². The average Bonchev–Trinajstić information content (AvgIpc) is 3.40. The fraction of sp³-hybridized carbons (Fsp3) is 0.621. The van der Waals surface area contributed by atoms with E-state index in [0.717, 1.165) is 94.8 Å². The number of rotatable bonds is 9. The van der Waals surface area contributed by atoms with Gasteiger partial charge in [0, 0.05) is 57.9 Å². The Morgan fingerprint density at radius 3 is 2.45 bits per heavy atom. The van der Waals surface area contributed by atoms with Crippen molar-refractivity contribution < 1.29 is 4.74 Å². The van der Waals surface area contributed by atoms with Gasteiger partial charge < -0.3 is 19.9 Å². The summed E-state index contributed by atoms with van der Waals surface area (Å²) in [6.45, 7) is 8.62. The molecule has 3 aliphatic rings. The van der Waals surface area contributed by atoms with Gasteiger partial charge in [-0.3, -0.25) is 9.80 Å². The quantitative estimate of drug-likeness (QED) is 0.437. The van der Waals surface area contributed by atoms with Crippen molar-refractivity contribution in [3.63, 3.8) is 0 Å². The Bertz CT molecular complexity index is 1150. The van der Waals surface area contributed by atoms with Crippen LogP contribution in [0.2, 0.25) is 0 Å². The second-order valence-electron chi connectivity index (χ2n) is 11.1. The number of likely N-dealkylation sites (tertiary alicyclic amines) is 1. The van der Waals surface area contributed by atoms with Crippen LogP contribution >= 0.6 is 0 Å². The smallest absolute Gasteiger partial charge is 0.227 e. The normalized spacial score (nSPS) is 20.6. The van der Waals surface area contributed by atoms with Gasteiger partial charge in [0.1, 0.15) is 0 Å². The first-order valence-corrected chi connectivity index (χ1v) is 14.6. The number of imidazole rings is 1. The third-order valence-corrected chi connectivity index (χ3v) is 8.38. The monoisotopic (exact) mass is 518 g/mol. The van der Waals surface area contributed by atoms with E-state index in [0.29, 0.717) is 12.1 Å². The van der Waals surface area contributed by atoms with Gasteiger partial charge in [-0.05, 0) is 31.2 Å². The van der Waals surface area contributed by atoms with Crippen LogP contribution in [-0.2, 0) is 11.3 Å². The van der Waals surface area contributed by atoms with Crippen LogP contribution in [0.5, 0.6) is 0 Å². The van der Waals surface area contributed by atoms with Crippen molar-refractivity contribution in [2.45, 2.75) is 63.6 Å². The maximum Gasteiger partial charge on any atom is 0.227 e. The van der Waals surface area contributed by atoms with Gasteiger partial charge in [0.05, 0.1) is 19.5 Å². The number of fused-ring (bicyclic) bond motifs is 1. The maximum absolute atomic E-state index is 5.50. The standard InChI is InChI=1S/C29H42N8O/c1-3-7-23(8-4-1)21-36-14-11-24(12-15-36)32-29-33-27(30-13-16-35-17-19-38-20-18-35)26-28(34-29)37(22-31-26)25-9-5-2-6-10-25/h1,3-4,7-8,22,24-25H,2,5-6,9-21H2,(H2,30,32,33,34). The van der Waals surface area contributed by atoms with Gasteiger partial charge >= 0.3 is 0 Å². The molecular weight excluding hydrogens is 476 g/mol. The van der Waals surface area contributed by atoms with Crippen LogP contribution in [-0.4, -0.2) is 87.8 Å². The van der Waals surface area contributed by atoms with E-state index < -0.39 is 0 Å². The van der Waals surface area contributed by atoms with Crippen molar-refractivity contribution in [1.29, 1.82) is 0 Å². The lowest BCUT2D eigenvalue weighted by molar-refractivity contribution is 0.0398. The predicted octanol–water partition coefficient (Wildman–Crippen LogP) is 4.15. The van der Waals surface area contributed by atoms with Crippen LogP contribution < -0.4 is 10.6 Å². The second-order valence-corrected chi connectivity index (χ2v) is 11.1. The molecule has 204 valence electrons. The molecule has 0 unspecified atom stereocenters. The molecule has 0 bridgehead atoms. The van der Waals surface area contributed by atoms with Gasteiger partial charge in [-0.1, -0.05) is 49.6 Å². The summed E-state index contributed by atoms with van der Waals surface area (Å²) in [6.07, 6.45) is 10.5. The number of anilines is 2. The SMILES string of the molecule is c1ccc(CN2CCC(Nc3nc(NCCN4CCOCC4)c4ncn(C5CCCCC5)c4n3)CC2)cc1. The molecule has 0 radical (unpaired) electrons. The summed E-state index contributed by atoms with van der Waals surface area (Å²) in [6, 6.07) is 11.6. The minimum atomic E-state index is 0.381. The molecule has 0 atom stereocenters. The summed E-state index contributed by atoms with van der Waals surface area (Å²) in [7, 11) is 0. The van der Waals surface area contributed by atoms with Crippen molar-refractivity contribution in [1.82, 2.24) is 29.3 Å². The van der Waals surface area contributed by atoms with Crippen LogP contribution in [0.1, 0.15) is 56.6 Å². The van der Waals surface area contributed by atoms with E-state index in [-0.39, 0.29) is 0 Å². The zero-order valence-corrected chi connectivity index (χ0v) is 22.5. The van der Waals surface area contributed by atoms with Crippen molar-refractivity contribution in [2.75, 3.05) is 63.1 Å². The summed E-state index contributed by atoms with van der Waals surface area (Å²) >= 11 is 0. The molecule has 0 amide bonds. The molecule has 2 aromatic heterocycles. The number of hydrogen-bond donors (Lipinski definition) is 2. The van der Waals surface area contributed by atoms with Crippen molar-refractivity contribution in [2.24, 2.45) is 0 Å². The molecule has 6 rings (SSSR count). The molecule has 2 aliphatic heterocycles. The average molecular weight is 519 g/mol.